The molecule has 10 nitrogen and oxygen atoms in total. The Morgan fingerprint density at radius 2 is 1.82 bits per heavy atom. The van der Waals surface area contributed by atoms with E-state index in [4.69, 9.17) is 14.2 Å². The van der Waals surface area contributed by atoms with Crippen molar-refractivity contribution in [2.24, 2.45) is 0 Å². The van der Waals surface area contributed by atoms with Crippen LogP contribution in [-0.2, 0) is 10.2 Å². The number of nitriles is 1. The number of alkyl halides is 2. The molecule has 0 bridgehead atoms. The van der Waals surface area contributed by atoms with Gasteiger partial charge >= 0.3 is 12.7 Å². The van der Waals surface area contributed by atoms with E-state index in [1.165, 1.54) is 18.1 Å². The van der Waals surface area contributed by atoms with E-state index < -0.39 is 29.6 Å². The SMILES string of the molecule is COc1cc(-c2cnc3cc(C(C)(C)C#N)ccn23)cc(OC(F)F)c1C(=O)N1CC(NC(=O)OC(C)(C)C)C1. The van der Waals surface area contributed by atoms with Crippen molar-refractivity contribution < 1.29 is 32.6 Å². The number of methoxy groups -OCH3 is 1. The van der Waals surface area contributed by atoms with Crippen molar-refractivity contribution in [2.45, 2.75) is 58.3 Å². The number of ether oxygens (including phenoxy) is 3. The Kier molecular flexibility index (Phi) is 7.61. The van der Waals surface area contributed by atoms with Crippen LogP contribution in [-0.4, -0.2) is 64.7 Å². The molecule has 4 rings (SSSR count). The predicted octanol–water partition coefficient (Wildman–Crippen LogP) is 4.76. The molecule has 1 aliphatic rings. The zero-order valence-corrected chi connectivity index (χ0v) is 23.1. The molecule has 0 radical (unpaired) electrons. The number of halogens is 2. The quantitative estimate of drug-likeness (QED) is 0.447. The Morgan fingerprint density at radius 3 is 2.42 bits per heavy atom. The highest BCUT2D eigenvalue weighted by Gasteiger charge is 2.36. The fraction of sp³-hybridized carbons (Fsp3) is 0.429. The average molecular weight is 556 g/mol. The number of benzene rings is 1. The zero-order chi connectivity index (χ0) is 29.4. The maximum atomic E-state index is 13.5. The third-order valence-electron chi connectivity index (χ3n) is 6.42. The molecule has 1 saturated heterocycles. The number of nitrogens with one attached hydrogen (secondary N) is 1. The van der Waals surface area contributed by atoms with Crippen LogP contribution in [0.4, 0.5) is 13.6 Å². The summed E-state index contributed by atoms with van der Waals surface area (Å²) in [5.74, 6) is -0.892. The molecule has 1 N–H and O–H groups in total. The normalized spacial score (nSPS) is 14.1. The number of hydrogen-bond acceptors (Lipinski definition) is 7. The van der Waals surface area contributed by atoms with Crippen molar-refractivity contribution >= 4 is 17.6 Å². The van der Waals surface area contributed by atoms with Gasteiger partial charge in [0.15, 0.2) is 0 Å². The van der Waals surface area contributed by atoms with E-state index in [-0.39, 0.29) is 36.2 Å². The van der Waals surface area contributed by atoms with Gasteiger partial charge in [0, 0.05) is 24.8 Å². The van der Waals surface area contributed by atoms with Crippen molar-refractivity contribution in [3.63, 3.8) is 0 Å². The molecule has 1 aliphatic heterocycles. The van der Waals surface area contributed by atoms with E-state index in [2.05, 4.69) is 16.4 Å². The zero-order valence-electron chi connectivity index (χ0n) is 23.1. The average Bonchev–Trinajstić information content (AvgIpc) is 3.27. The highest BCUT2D eigenvalue weighted by Crippen LogP contribution is 2.38. The number of nitrogens with zero attached hydrogens (tertiary/aromatic N) is 4. The second-order valence-corrected chi connectivity index (χ2v) is 11.0. The van der Waals surface area contributed by atoms with E-state index in [1.54, 1.807) is 69.6 Å². The molecule has 2 amide bonds. The lowest BCUT2D eigenvalue weighted by Crippen LogP contribution is -2.61. The van der Waals surface area contributed by atoms with Crippen LogP contribution in [0.2, 0.25) is 0 Å². The lowest BCUT2D eigenvalue weighted by atomic mass is 9.87. The Balaban J connectivity index is 1.64. The molecular weight excluding hydrogens is 524 g/mol. The molecule has 0 aliphatic carbocycles. The number of carbonyl (C=O) groups excluding carboxylic acids is 2. The molecule has 3 heterocycles. The Morgan fingerprint density at radius 1 is 1.15 bits per heavy atom. The van der Waals surface area contributed by atoms with E-state index in [9.17, 15) is 23.6 Å². The van der Waals surface area contributed by atoms with Gasteiger partial charge < -0.3 is 24.4 Å². The smallest absolute Gasteiger partial charge is 0.407 e. The lowest BCUT2D eigenvalue weighted by Gasteiger charge is -2.40. The van der Waals surface area contributed by atoms with Gasteiger partial charge in [0.2, 0.25) is 0 Å². The minimum atomic E-state index is -3.19. The van der Waals surface area contributed by atoms with Crippen molar-refractivity contribution in [2.75, 3.05) is 20.2 Å². The number of hydrogen-bond donors (Lipinski definition) is 1. The van der Waals surface area contributed by atoms with Gasteiger partial charge in [0.25, 0.3) is 5.91 Å². The molecule has 212 valence electrons. The molecule has 1 aromatic carbocycles. The number of rotatable bonds is 7. The van der Waals surface area contributed by atoms with Crippen LogP contribution in [0, 0.1) is 11.3 Å². The maximum absolute atomic E-state index is 13.5. The first kappa shape index (κ1) is 28.6. The van der Waals surface area contributed by atoms with E-state index in [1.807, 2.05) is 0 Å². The predicted molar refractivity (Wildman–Crippen MR) is 142 cm³/mol. The summed E-state index contributed by atoms with van der Waals surface area (Å²) >= 11 is 0. The molecule has 2 aromatic heterocycles. The van der Waals surface area contributed by atoms with Crippen molar-refractivity contribution in [3.8, 4) is 28.8 Å². The second-order valence-electron chi connectivity index (χ2n) is 11.0. The maximum Gasteiger partial charge on any atom is 0.407 e. The van der Waals surface area contributed by atoms with Crippen LogP contribution < -0.4 is 14.8 Å². The molecule has 0 spiro atoms. The third-order valence-corrected chi connectivity index (χ3v) is 6.42. The van der Waals surface area contributed by atoms with Gasteiger partial charge in [-0.25, -0.2) is 9.78 Å². The number of likely N-dealkylation sites (tertiary alicyclic amines) is 1. The molecule has 12 heteroatoms. The van der Waals surface area contributed by atoms with Crippen LogP contribution in [0.5, 0.6) is 11.5 Å². The molecule has 1 fully saturated rings. The van der Waals surface area contributed by atoms with E-state index >= 15 is 0 Å². The Bertz CT molecular complexity index is 1480. The van der Waals surface area contributed by atoms with Gasteiger partial charge in [-0.2, -0.15) is 14.0 Å². The largest absolute Gasteiger partial charge is 0.496 e. The van der Waals surface area contributed by atoms with Gasteiger partial charge in [0.05, 0.1) is 36.5 Å². The van der Waals surface area contributed by atoms with Gasteiger partial charge in [-0.3, -0.25) is 9.20 Å². The van der Waals surface area contributed by atoms with Crippen LogP contribution in [0.1, 0.15) is 50.5 Å². The number of amides is 2. The summed E-state index contributed by atoms with van der Waals surface area (Å²) in [7, 11) is 1.33. The highest BCUT2D eigenvalue weighted by atomic mass is 19.3. The second kappa shape index (κ2) is 10.6. The van der Waals surface area contributed by atoms with Crippen LogP contribution in [0.25, 0.3) is 16.9 Å². The highest BCUT2D eigenvalue weighted by molar-refractivity contribution is 6.01. The molecule has 3 aromatic rings. The van der Waals surface area contributed by atoms with Crippen molar-refractivity contribution in [1.29, 1.82) is 5.26 Å². The number of carbonyl (C=O) groups is 2. The topological polar surface area (TPSA) is 118 Å². The summed E-state index contributed by atoms with van der Waals surface area (Å²) in [6.07, 6.45) is 2.69. The van der Waals surface area contributed by atoms with E-state index in [0.717, 1.165) is 5.56 Å². The minimum Gasteiger partial charge on any atom is -0.496 e. The van der Waals surface area contributed by atoms with Gasteiger partial charge in [-0.05, 0) is 64.4 Å². The van der Waals surface area contributed by atoms with Crippen LogP contribution in [0.3, 0.4) is 0 Å². The summed E-state index contributed by atoms with van der Waals surface area (Å²) < 4.78 is 44.1. The van der Waals surface area contributed by atoms with E-state index in [0.29, 0.717) is 16.9 Å². The Hall–Kier alpha value is -4.40. The van der Waals surface area contributed by atoms with Crippen molar-refractivity contribution in [3.05, 3.63) is 47.8 Å². The first-order valence-electron chi connectivity index (χ1n) is 12.6. The summed E-state index contributed by atoms with van der Waals surface area (Å²) in [6, 6.07) is 8.37. The number of imidazole rings is 1. The summed E-state index contributed by atoms with van der Waals surface area (Å²) in [6.45, 7) is 5.94. The lowest BCUT2D eigenvalue weighted by molar-refractivity contribution is -0.0504. The summed E-state index contributed by atoms with van der Waals surface area (Å²) in [5.41, 5.74) is 0.736. The van der Waals surface area contributed by atoms with Gasteiger partial charge in [-0.1, -0.05) is 0 Å². The molecule has 0 atom stereocenters. The van der Waals surface area contributed by atoms with Crippen LogP contribution in [0.15, 0.2) is 36.7 Å². The van der Waals surface area contributed by atoms with Gasteiger partial charge in [-0.15, -0.1) is 0 Å². The van der Waals surface area contributed by atoms with Gasteiger partial charge in [0.1, 0.15) is 28.3 Å². The fourth-order valence-corrected chi connectivity index (χ4v) is 4.31. The van der Waals surface area contributed by atoms with Crippen LogP contribution >= 0.6 is 0 Å². The minimum absolute atomic E-state index is 0.0406. The standard InChI is InChI=1S/C28H31F2N5O5/c1-27(2,3)40-26(37)33-18-13-34(14-18)24(36)23-20(38-6)9-16(10-21(23)39-25(29)30)19-12-32-22-11-17(7-8-35(19)22)28(4,5)15-31/h7-12,18,25H,13-14H2,1-6H3,(H,33,37). The third kappa shape index (κ3) is 5.93. The first-order chi connectivity index (χ1) is 18.7. The molecule has 40 heavy (non-hydrogen) atoms. The summed E-state index contributed by atoms with van der Waals surface area (Å²) in [4.78, 5) is 31.2. The number of alkyl carbamates (subject to hydrolysis) is 1. The fourth-order valence-electron chi connectivity index (χ4n) is 4.31. The number of aromatic nitrogens is 2. The monoisotopic (exact) mass is 555 g/mol. The molecular formula is C28H31F2N5O5. The Labute approximate surface area is 230 Å². The van der Waals surface area contributed by atoms with Crippen molar-refractivity contribution in [1.82, 2.24) is 19.6 Å². The number of pyridine rings is 1. The molecule has 0 unspecified atom stereocenters. The summed E-state index contributed by atoms with van der Waals surface area (Å²) in [5, 5.41) is 12.1. The number of fused-ring (bicyclic) bond motifs is 1. The first-order valence-corrected chi connectivity index (χ1v) is 12.6. The molecule has 0 saturated carbocycles.